The number of ether oxygens (including phenoxy) is 4. The van der Waals surface area contributed by atoms with E-state index in [1.807, 2.05) is 0 Å². The van der Waals surface area contributed by atoms with Gasteiger partial charge < -0.3 is 23.5 Å². The van der Waals surface area contributed by atoms with E-state index in [0.717, 1.165) is 6.20 Å². The third-order valence-electron chi connectivity index (χ3n) is 6.04. The molecule has 0 saturated carbocycles. The summed E-state index contributed by atoms with van der Waals surface area (Å²) in [5.41, 5.74) is 0.183. The van der Waals surface area contributed by atoms with Crippen LogP contribution in [0.15, 0.2) is 24.8 Å². The van der Waals surface area contributed by atoms with Gasteiger partial charge >= 0.3 is 6.18 Å². The van der Waals surface area contributed by atoms with Crippen molar-refractivity contribution in [2.24, 2.45) is 0 Å². The van der Waals surface area contributed by atoms with Gasteiger partial charge in [-0.3, -0.25) is 4.98 Å². The van der Waals surface area contributed by atoms with E-state index < -0.39 is 45.8 Å². The van der Waals surface area contributed by atoms with Crippen molar-refractivity contribution in [1.82, 2.24) is 29.7 Å². The van der Waals surface area contributed by atoms with Crippen molar-refractivity contribution in [2.45, 2.75) is 56.2 Å². The van der Waals surface area contributed by atoms with Crippen LogP contribution in [-0.2, 0) is 25.1 Å². The van der Waals surface area contributed by atoms with Crippen LogP contribution in [0, 0.1) is 0 Å². The summed E-state index contributed by atoms with van der Waals surface area (Å²) in [6.45, 7) is 3.41. The SMILES string of the molecule is COC[C@H]1COc2c(OCC(F)(F)F)cncc2-c2nnc(CS(=O)(=O)[C@@H](C)[C@@H](OC(C)C)c3ncc(Cl)cn3)n21. The summed E-state index contributed by atoms with van der Waals surface area (Å²) in [5.74, 6) is -0.474. The first kappa shape index (κ1) is 30.9. The smallest absolute Gasteiger partial charge is 0.422 e. The van der Waals surface area contributed by atoms with Gasteiger partial charge in [-0.2, -0.15) is 13.2 Å². The number of halogens is 4. The molecule has 4 rings (SSSR count). The lowest BCUT2D eigenvalue weighted by Gasteiger charge is -2.25. The van der Waals surface area contributed by atoms with E-state index in [-0.39, 0.29) is 58.9 Å². The predicted molar refractivity (Wildman–Crippen MR) is 139 cm³/mol. The summed E-state index contributed by atoms with van der Waals surface area (Å²) in [5, 5.41) is 7.48. The van der Waals surface area contributed by atoms with E-state index in [1.165, 1.54) is 37.2 Å². The molecule has 0 unspecified atom stereocenters. The van der Waals surface area contributed by atoms with Crippen molar-refractivity contribution in [1.29, 1.82) is 0 Å². The molecule has 0 fully saturated rings. The maximum atomic E-state index is 13.7. The van der Waals surface area contributed by atoms with Gasteiger partial charge in [0, 0.05) is 25.7 Å². The van der Waals surface area contributed by atoms with Gasteiger partial charge in [-0.25, -0.2) is 18.4 Å². The van der Waals surface area contributed by atoms with Crippen molar-refractivity contribution in [2.75, 3.05) is 26.9 Å². The third-order valence-corrected chi connectivity index (χ3v) is 8.28. The van der Waals surface area contributed by atoms with Gasteiger partial charge in [-0.05, 0) is 20.8 Å². The van der Waals surface area contributed by atoms with E-state index in [1.54, 1.807) is 13.8 Å². The van der Waals surface area contributed by atoms with Crippen molar-refractivity contribution < 1.29 is 40.5 Å². The van der Waals surface area contributed by atoms with Crippen LogP contribution in [0.1, 0.15) is 44.6 Å². The minimum atomic E-state index is -4.58. The van der Waals surface area contributed by atoms with Crippen LogP contribution in [0.5, 0.6) is 11.5 Å². The Morgan fingerprint density at radius 2 is 1.85 bits per heavy atom. The fourth-order valence-electron chi connectivity index (χ4n) is 4.20. The minimum absolute atomic E-state index is 0.0236. The second-order valence-electron chi connectivity index (χ2n) is 9.53. The lowest BCUT2D eigenvalue weighted by atomic mass is 10.2. The van der Waals surface area contributed by atoms with Crippen LogP contribution in [-0.4, -0.2) is 82.6 Å². The molecule has 41 heavy (non-hydrogen) atoms. The summed E-state index contributed by atoms with van der Waals surface area (Å²) in [6.07, 6.45) is -0.808. The van der Waals surface area contributed by atoms with Gasteiger partial charge in [-0.15, -0.1) is 10.2 Å². The molecule has 3 aromatic rings. The van der Waals surface area contributed by atoms with Gasteiger partial charge in [0.1, 0.15) is 24.3 Å². The number of aromatic nitrogens is 6. The Balaban J connectivity index is 1.71. The average Bonchev–Trinajstić information content (AvgIpc) is 3.23. The molecule has 1 aliphatic rings. The Hall–Kier alpha value is -3.08. The zero-order valence-corrected chi connectivity index (χ0v) is 24.1. The molecule has 224 valence electrons. The molecule has 0 aromatic carbocycles. The first-order valence-electron chi connectivity index (χ1n) is 12.4. The number of nitrogens with zero attached hydrogens (tertiary/aromatic N) is 6. The summed E-state index contributed by atoms with van der Waals surface area (Å²) in [4.78, 5) is 12.3. The van der Waals surface area contributed by atoms with E-state index in [0.29, 0.717) is 0 Å². The maximum absolute atomic E-state index is 13.7. The van der Waals surface area contributed by atoms with Crippen LogP contribution >= 0.6 is 11.6 Å². The van der Waals surface area contributed by atoms with Crippen molar-refractivity contribution in [3.05, 3.63) is 41.5 Å². The molecule has 0 N–H and O–H groups in total. The van der Waals surface area contributed by atoms with Crippen LogP contribution in [0.3, 0.4) is 0 Å². The van der Waals surface area contributed by atoms with Gasteiger partial charge in [0.05, 0.1) is 40.8 Å². The normalized spacial score (nSPS) is 16.9. The van der Waals surface area contributed by atoms with Crippen molar-refractivity contribution >= 4 is 21.4 Å². The number of hydrogen-bond acceptors (Lipinski definition) is 11. The Kier molecular flexibility index (Phi) is 9.35. The number of hydrogen-bond donors (Lipinski definition) is 0. The summed E-state index contributed by atoms with van der Waals surface area (Å²) in [7, 11) is -2.54. The Labute approximate surface area is 239 Å². The van der Waals surface area contributed by atoms with Crippen LogP contribution in [0.25, 0.3) is 11.4 Å². The monoisotopic (exact) mass is 620 g/mol. The van der Waals surface area contributed by atoms with Crippen LogP contribution in [0.4, 0.5) is 13.2 Å². The molecule has 12 nitrogen and oxygen atoms in total. The van der Waals surface area contributed by atoms with Crippen molar-refractivity contribution in [3.63, 3.8) is 0 Å². The molecular weight excluding hydrogens is 593 g/mol. The minimum Gasteiger partial charge on any atom is -0.487 e. The van der Waals surface area contributed by atoms with Gasteiger partial charge in [0.15, 0.2) is 39.6 Å². The molecule has 0 aliphatic carbocycles. The van der Waals surface area contributed by atoms with E-state index >= 15 is 0 Å². The standard InChI is InChI=1S/C24H28ClF3N6O6S/c1-13(2)40-20(22-30-5-15(25)6-31-22)14(3)41(35,36)11-19-32-33-23-17-7-29-8-18(39-12-24(26,27)28)21(17)38-10-16(9-37-4)34(19)23/h5-8,13-14,16,20H,9-12H2,1-4H3/t14-,16-,20+/m0/s1. The number of alkyl halides is 3. The highest BCUT2D eigenvalue weighted by atomic mass is 35.5. The third kappa shape index (κ3) is 7.23. The number of sulfone groups is 1. The molecule has 3 aromatic heterocycles. The summed E-state index contributed by atoms with van der Waals surface area (Å²) >= 11 is 5.90. The zero-order chi connectivity index (χ0) is 29.9. The maximum Gasteiger partial charge on any atom is 0.422 e. The summed E-state index contributed by atoms with van der Waals surface area (Å²) < 4.78 is 89.5. The van der Waals surface area contributed by atoms with E-state index in [2.05, 4.69) is 25.1 Å². The van der Waals surface area contributed by atoms with E-state index in [9.17, 15) is 21.6 Å². The fourth-order valence-corrected chi connectivity index (χ4v) is 5.68. The highest BCUT2D eigenvalue weighted by Crippen LogP contribution is 2.41. The molecule has 0 spiro atoms. The number of pyridine rings is 1. The van der Waals surface area contributed by atoms with Gasteiger partial charge in [-0.1, -0.05) is 11.6 Å². The first-order valence-corrected chi connectivity index (χ1v) is 14.5. The molecule has 17 heteroatoms. The topological polar surface area (TPSA) is 140 Å². The second kappa shape index (κ2) is 12.4. The highest BCUT2D eigenvalue weighted by Gasteiger charge is 2.38. The average molecular weight is 621 g/mol. The first-order chi connectivity index (χ1) is 19.3. The number of fused-ring (bicyclic) bond motifs is 3. The molecule has 0 radical (unpaired) electrons. The lowest BCUT2D eigenvalue weighted by Crippen LogP contribution is -2.32. The zero-order valence-electron chi connectivity index (χ0n) is 22.5. The fraction of sp³-hybridized carbons (Fsp3) is 0.542. The van der Waals surface area contributed by atoms with Crippen LogP contribution < -0.4 is 9.47 Å². The van der Waals surface area contributed by atoms with Gasteiger partial charge in [0.2, 0.25) is 0 Å². The van der Waals surface area contributed by atoms with Crippen molar-refractivity contribution in [3.8, 4) is 22.9 Å². The summed E-state index contributed by atoms with van der Waals surface area (Å²) in [6, 6.07) is -0.629. The number of rotatable bonds is 11. The van der Waals surface area contributed by atoms with Gasteiger partial charge in [0.25, 0.3) is 0 Å². The highest BCUT2D eigenvalue weighted by molar-refractivity contribution is 7.91. The van der Waals surface area contributed by atoms with Crippen LogP contribution in [0.2, 0.25) is 5.02 Å². The van der Waals surface area contributed by atoms with E-state index in [4.69, 9.17) is 30.5 Å². The molecule has 1 aliphatic heterocycles. The molecule has 0 bridgehead atoms. The molecular formula is C24H28ClF3N6O6S. The quantitative estimate of drug-likeness (QED) is 0.309. The Morgan fingerprint density at radius 1 is 1.15 bits per heavy atom. The molecule has 0 saturated heterocycles. The predicted octanol–water partition coefficient (Wildman–Crippen LogP) is 3.77. The Bertz CT molecular complexity index is 1460. The lowest BCUT2D eigenvalue weighted by molar-refractivity contribution is -0.153. The molecule has 0 amide bonds. The molecule has 4 heterocycles. The molecule has 3 atom stereocenters. The number of methoxy groups -OCH3 is 1. The Morgan fingerprint density at radius 3 is 2.49 bits per heavy atom. The largest absolute Gasteiger partial charge is 0.487 e. The second-order valence-corrected chi connectivity index (χ2v) is 12.3.